The van der Waals surface area contributed by atoms with Crippen LogP contribution in [0.2, 0.25) is 10.0 Å². The maximum atomic E-state index is 12.5. The number of benzene rings is 2. The van der Waals surface area contributed by atoms with Crippen LogP contribution in [-0.4, -0.2) is 17.6 Å². The number of amides is 1. The van der Waals surface area contributed by atoms with Gasteiger partial charge in [-0.25, -0.2) is 0 Å². The Bertz CT molecular complexity index is 612. The zero-order valence-electron chi connectivity index (χ0n) is 11.9. The molecule has 1 amide bonds. The number of hydrogen-bond donors (Lipinski definition) is 2. The van der Waals surface area contributed by atoms with Gasteiger partial charge in [-0.1, -0.05) is 59.6 Å². The maximum Gasteiger partial charge on any atom is 0.254 e. The van der Waals surface area contributed by atoms with E-state index < -0.39 is 0 Å². The molecule has 0 aromatic heterocycles. The van der Waals surface area contributed by atoms with Gasteiger partial charge in [0.1, 0.15) is 0 Å². The molecule has 0 fully saturated rings. The predicted molar refractivity (Wildman–Crippen MR) is 89.4 cm³/mol. The molecule has 0 aliphatic rings. The number of carbonyl (C=O) groups is 1. The van der Waals surface area contributed by atoms with E-state index in [-0.39, 0.29) is 24.1 Å². The van der Waals surface area contributed by atoms with Crippen LogP contribution in [0.4, 0.5) is 0 Å². The summed E-state index contributed by atoms with van der Waals surface area (Å²) in [5.41, 5.74) is 1.25. The van der Waals surface area contributed by atoms with Gasteiger partial charge >= 0.3 is 0 Å². The third-order valence-corrected chi connectivity index (χ3v) is 3.98. The van der Waals surface area contributed by atoms with Crippen LogP contribution in [0.1, 0.15) is 34.8 Å². The third-order valence-electron chi connectivity index (χ3n) is 3.35. The molecule has 0 aliphatic heterocycles. The number of hydrogen-bond acceptors (Lipinski definition) is 2. The SMILES string of the molecule is O=C(N[C@H](CCCO)c1ccccc1)c1c(Cl)cccc1Cl. The Kier molecular flexibility index (Phi) is 6.25. The van der Waals surface area contributed by atoms with Crippen LogP contribution in [0.3, 0.4) is 0 Å². The van der Waals surface area contributed by atoms with Crippen molar-refractivity contribution in [1.29, 1.82) is 0 Å². The molecule has 0 saturated carbocycles. The zero-order chi connectivity index (χ0) is 15.9. The van der Waals surface area contributed by atoms with E-state index >= 15 is 0 Å². The first kappa shape index (κ1) is 16.8. The van der Waals surface area contributed by atoms with E-state index in [2.05, 4.69) is 5.32 Å². The molecule has 1 atom stereocenters. The van der Waals surface area contributed by atoms with Crippen molar-refractivity contribution >= 4 is 29.1 Å². The summed E-state index contributed by atoms with van der Waals surface area (Å²) < 4.78 is 0. The number of rotatable bonds is 6. The lowest BCUT2D eigenvalue weighted by atomic mass is 10.0. The largest absolute Gasteiger partial charge is 0.396 e. The van der Waals surface area contributed by atoms with Crippen LogP contribution in [0.15, 0.2) is 48.5 Å². The molecule has 0 unspecified atom stereocenters. The predicted octanol–water partition coefficient (Wildman–Crippen LogP) is 4.24. The van der Waals surface area contributed by atoms with Gasteiger partial charge in [0, 0.05) is 6.61 Å². The van der Waals surface area contributed by atoms with Crippen LogP contribution in [-0.2, 0) is 0 Å². The van der Waals surface area contributed by atoms with E-state index in [4.69, 9.17) is 28.3 Å². The van der Waals surface area contributed by atoms with E-state index in [1.54, 1.807) is 18.2 Å². The fourth-order valence-corrected chi connectivity index (χ4v) is 2.82. The third kappa shape index (κ3) is 4.23. The molecular weight excluding hydrogens is 321 g/mol. The Morgan fingerprint density at radius 2 is 1.68 bits per heavy atom. The van der Waals surface area contributed by atoms with E-state index in [1.807, 2.05) is 30.3 Å². The summed E-state index contributed by atoms with van der Waals surface area (Å²) in [4.78, 5) is 12.5. The number of halogens is 2. The first-order chi connectivity index (χ1) is 10.6. The summed E-state index contributed by atoms with van der Waals surface area (Å²) in [5.74, 6) is -0.317. The van der Waals surface area contributed by atoms with E-state index in [0.717, 1.165) is 5.56 Å². The van der Waals surface area contributed by atoms with Crippen molar-refractivity contribution in [3.63, 3.8) is 0 Å². The minimum absolute atomic E-state index is 0.0754. The molecule has 116 valence electrons. The highest BCUT2D eigenvalue weighted by atomic mass is 35.5. The number of aliphatic hydroxyl groups is 1. The summed E-state index contributed by atoms with van der Waals surface area (Å²) in [6, 6.07) is 14.4. The average Bonchev–Trinajstić information content (AvgIpc) is 2.52. The van der Waals surface area contributed by atoms with Crippen molar-refractivity contribution in [2.45, 2.75) is 18.9 Å². The smallest absolute Gasteiger partial charge is 0.254 e. The van der Waals surface area contributed by atoms with Gasteiger partial charge in [0.25, 0.3) is 5.91 Å². The van der Waals surface area contributed by atoms with Crippen molar-refractivity contribution in [2.24, 2.45) is 0 Å². The molecule has 3 nitrogen and oxygen atoms in total. The Labute approximate surface area is 139 Å². The van der Waals surface area contributed by atoms with Crippen molar-refractivity contribution in [3.8, 4) is 0 Å². The minimum Gasteiger partial charge on any atom is -0.396 e. The fraction of sp³-hybridized carbons (Fsp3) is 0.235. The summed E-state index contributed by atoms with van der Waals surface area (Å²) in [6.45, 7) is 0.0754. The van der Waals surface area contributed by atoms with Gasteiger partial charge < -0.3 is 10.4 Å². The summed E-state index contributed by atoms with van der Waals surface area (Å²) >= 11 is 12.1. The molecule has 2 N–H and O–H groups in total. The van der Waals surface area contributed by atoms with Gasteiger partial charge in [0.2, 0.25) is 0 Å². The standard InChI is InChI=1S/C17H17Cl2NO2/c18-13-8-4-9-14(19)16(13)17(22)20-15(10-5-11-21)12-6-2-1-3-7-12/h1-4,6-9,15,21H,5,10-11H2,(H,20,22)/t15-/m1/s1. The molecule has 0 radical (unpaired) electrons. The quantitative estimate of drug-likeness (QED) is 0.828. The Morgan fingerprint density at radius 3 is 2.27 bits per heavy atom. The van der Waals surface area contributed by atoms with Crippen LogP contribution in [0.5, 0.6) is 0 Å². The number of carbonyl (C=O) groups excluding carboxylic acids is 1. The lowest BCUT2D eigenvalue weighted by molar-refractivity contribution is 0.0932. The van der Waals surface area contributed by atoms with E-state index in [9.17, 15) is 4.79 Å². The lowest BCUT2D eigenvalue weighted by Gasteiger charge is -2.19. The monoisotopic (exact) mass is 337 g/mol. The molecule has 2 rings (SSSR count). The van der Waals surface area contributed by atoms with Gasteiger partial charge in [-0.05, 0) is 30.5 Å². The molecule has 0 bridgehead atoms. The van der Waals surface area contributed by atoms with Crippen molar-refractivity contribution in [2.75, 3.05) is 6.61 Å². The molecule has 0 aliphatic carbocycles. The average molecular weight is 338 g/mol. The zero-order valence-corrected chi connectivity index (χ0v) is 13.4. The van der Waals surface area contributed by atoms with Crippen molar-refractivity contribution in [3.05, 3.63) is 69.7 Å². The molecule has 5 heteroatoms. The van der Waals surface area contributed by atoms with Crippen LogP contribution < -0.4 is 5.32 Å². The van der Waals surface area contributed by atoms with Crippen LogP contribution in [0, 0.1) is 0 Å². The first-order valence-electron chi connectivity index (χ1n) is 7.04. The highest BCUT2D eigenvalue weighted by molar-refractivity contribution is 6.39. The van der Waals surface area contributed by atoms with Crippen LogP contribution >= 0.6 is 23.2 Å². The molecule has 0 heterocycles. The van der Waals surface area contributed by atoms with E-state index in [1.165, 1.54) is 0 Å². The maximum absolute atomic E-state index is 12.5. The second-order valence-electron chi connectivity index (χ2n) is 4.90. The van der Waals surface area contributed by atoms with Crippen LogP contribution in [0.25, 0.3) is 0 Å². The molecule has 2 aromatic rings. The Balaban J connectivity index is 2.21. The Morgan fingerprint density at radius 1 is 1.05 bits per heavy atom. The highest BCUT2D eigenvalue weighted by Crippen LogP contribution is 2.26. The summed E-state index contributed by atoms with van der Waals surface area (Å²) in [7, 11) is 0. The van der Waals surface area contributed by atoms with Gasteiger partial charge in [-0.3, -0.25) is 4.79 Å². The van der Waals surface area contributed by atoms with Gasteiger partial charge in [0.05, 0.1) is 21.7 Å². The normalized spacial score (nSPS) is 12.0. The lowest BCUT2D eigenvalue weighted by Crippen LogP contribution is -2.29. The van der Waals surface area contributed by atoms with Gasteiger partial charge in [0.15, 0.2) is 0 Å². The second kappa shape index (κ2) is 8.18. The number of aliphatic hydroxyl groups excluding tert-OH is 1. The number of nitrogens with one attached hydrogen (secondary N) is 1. The van der Waals surface area contributed by atoms with Gasteiger partial charge in [-0.15, -0.1) is 0 Å². The molecule has 2 aromatic carbocycles. The first-order valence-corrected chi connectivity index (χ1v) is 7.79. The summed E-state index contributed by atoms with van der Waals surface area (Å²) in [5, 5.41) is 12.6. The van der Waals surface area contributed by atoms with Crippen molar-refractivity contribution < 1.29 is 9.90 Å². The molecule has 22 heavy (non-hydrogen) atoms. The molecule has 0 saturated heterocycles. The topological polar surface area (TPSA) is 49.3 Å². The van der Waals surface area contributed by atoms with E-state index in [0.29, 0.717) is 22.9 Å². The fourth-order valence-electron chi connectivity index (χ4n) is 2.25. The second-order valence-corrected chi connectivity index (χ2v) is 5.71. The Hall–Kier alpha value is -1.55. The molecule has 0 spiro atoms. The molecular formula is C17H17Cl2NO2. The minimum atomic E-state index is -0.317. The summed E-state index contributed by atoms with van der Waals surface area (Å²) in [6.07, 6.45) is 1.23. The van der Waals surface area contributed by atoms with Crippen molar-refractivity contribution in [1.82, 2.24) is 5.32 Å². The van der Waals surface area contributed by atoms with Gasteiger partial charge in [-0.2, -0.15) is 0 Å². The highest BCUT2D eigenvalue weighted by Gasteiger charge is 2.19.